The van der Waals surface area contributed by atoms with Gasteiger partial charge in [0.15, 0.2) is 0 Å². The van der Waals surface area contributed by atoms with Gasteiger partial charge in [-0.05, 0) is 12.1 Å². The van der Waals surface area contributed by atoms with Crippen LogP contribution in [0.2, 0.25) is 4.34 Å². The van der Waals surface area contributed by atoms with Crippen LogP contribution in [0, 0.1) is 0 Å². The van der Waals surface area contributed by atoms with Crippen LogP contribution < -0.4 is 0 Å². The Morgan fingerprint density at radius 1 is 1.37 bits per heavy atom. The standard InChI is InChI=1S/C12H12ClN3O2S/c13-10-5-15-11(19-10)7-16(8-12(17)18)6-9-3-1-2-4-14-9/h1-5H,6-8H2,(H,17,18). The molecule has 2 rings (SSSR count). The van der Waals surface area contributed by atoms with Gasteiger partial charge in [-0.15, -0.1) is 11.3 Å². The minimum absolute atomic E-state index is 0.0617. The number of hydrogen-bond donors (Lipinski definition) is 1. The molecule has 0 aliphatic rings. The summed E-state index contributed by atoms with van der Waals surface area (Å²) < 4.78 is 0.600. The van der Waals surface area contributed by atoms with E-state index in [4.69, 9.17) is 16.7 Å². The molecule has 100 valence electrons. The summed E-state index contributed by atoms with van der Waals surface area (Å²) in [6.45, 7) is 0.846. The molecular formula is C12H12ClN3O2S. The lowest BCUT2D eigenvalue weighted by atomic mass is 10.3. The molecule has 0 radical (unpaired) electrons. The van der Waals surface area contributed by atoms with Crippen molar-refractivity contribution in [1.82, 2.24) is 14.9 Å². The number of aromatic nitrogens is 2. The highest BCUT2D eigenvalue weighted by Crippen LogP contribution is 2.20. The van der Waals surface area contributed by atoms with Gasteiger partial charge in [0, 0.05) is 12.7 Å². The number of carbonyl (C=O) groups is 1. The van der Waals surface area contributed by atoms with Crippen LogP contribution in [0.15, 0.2) is 30.6 Å². The topological polar surface area (TPSA) is 66.3 Å². The summed E-state index contributed by atoms with van der Waals surface area (Å²) >= 11 is 7.17. The zero-order valence-electron chi connectivity index (χ0n) is 9.99. The smallest absolute Gasteiger partial charge is 0.317 e. The number of carboxylic acids is 1. The first-order valence-corrected chi connectivity index (χ1v) is 6.77. The van der Waals surface area contributed by atoms with E-state index in [1.165, 1.54) is 11.3 Å². The Balaban J connectivity index is 2.05. The van der Waals surface area contributed by atoms with E-state index in [0.717, 1.165) is 10.7 Å². The zero-order valence-corrected chi connectivity index (χ0v) is 11.6. The van der Waals surface area contributed by atoms with Crippen molar-refractivity contribution in [3.8, 4) is 0 Å². The van der Waals surface area contributed by atoms with Crippen LogP contribution in [-0.2, 0) is 17.9 Å². The fourth-order valence-corrected chi connectivity index (χ4v) is 2.63. The summed E-state index contributed by atoms with van der Waals surface area (Å²) in [5.74, 6) is -0.876. The average Bonchev–Trinajstić information content (AvgIpc) is 2.75. The summed E-state index contributed by atoms with van der Waals surface area (Å²) in [6, 6.07) is 5.57. The van der Waals surface area contributed by atoms with Gasteiger partial charge in [-0.2, -0.15) is 0 Å². The second-order valence-electron chi connectivity index (χ2n) is 3.92. The van der Waals surface area contributed by atoms with Crippen LogP contribution in [0.1, 0.15) is 10.7 Å². The molecule has 0 amide bonds. The molecule has 0 aliphatic carbocycles. The van der Waals surface area contributed by atoms with Gasteiger partial charge in [-0.1, -0.05) is 17.7 Å². The first-order valence-electron chi connectivity index (χ1n) is 5.58. The molecule has 2 aromatic rings. The lowest BCUT2D eigenvalue weighted by molar-refractivity contribution is -0.138. The van der Waals surface area contributed by atoms with Gasteiger partial charge >= 0.3 is 5.97 Å². The molecule has 2 heterocycles. The SMILES string of the molecule is O=C(O)CN(Cc1ccccn1)Cc1ncc(Cl)s1. The van der Waals surface area contributed by atoms with Crippen LogP contribution in [0.3, 0.4) is 0 Å². The van der Waals surface area contributed by atoms with Crippen molar-refractivity contribution in [2.24, 2.45) is 0 Å². The molecule has 19 heavy (non-hydrogen) atoms. The third-order valence-corrected chi connectivity index (χ3v) is 3.45. The van der Waals surface area contributed by atoms with E-state index in [9.17, 15) is 4.79 Å². The van der Waals surface area contributed by atoms with E-state index < -0.39 is 5.97 Å². The lowest BCUT2D eigenvalue weighted by Crippen LogP contribution is -2.29. The predicted molar refractivity (Wildman–Crippen MR) is 73.1 cm³/mol. The highest BCUT2D eigenvalue weighted by molar-refractivity contribution is 7.15. The van der Waals surface area contributed by atoms with Crippen LogP contribution in [0.25, 0.3) is 0 Å². The van der Waals surface area contributed by atoms with Crippen molar-refractivity contribution in [2.45, 2.75) is 13.1 Å². The fraction of sp³-hybridized carbons (Fsp3) is 0.250. The molecule has 0 spiro atoms. The van der Waals surface area contributed by atoms with Gasteiger partial charge < -0.3 is 5.11 Å². The quantitative estimate of drug-likeness (QED) is 0.886. The van der Waals surface area contributed by atoms with E-state index in [-0.39, 0.29) is 6.54 Å². The maximum atomic E-state index is 10.9. The Morgan fingerprint density at radius 2 is 2.21 bits per heavy atom. The number of hydrogen-bond acceptors (Lipinski definition) is 5. The highest BCUT2D eigenvalue weighted by atomic mass is 35.5. The summed E-state index contributed by atoms with van der Waals surface area (Å²) in [5.41, 5.74) is 0.825. The van der Waals surface area contributed by atoms with Gasteiger partial charge in [0.25, 0.3) is 0 Å². The van der Waals surface area contributed by atoms with E-state index in [2.05, 4.69) is 9.97 Å². The maximum Gasteiger partial charge on any atom is 0.317 e. The van der Waals surface area contributed by atoms with Crippen LogP contribution in [0.5, 0.6) is 0 Å². The highest BCUT2D eigenvalue weighted by Gasteiger charge is 2.13. The van der Waals surface area contributed by atoms with E-state index in [1.54, 1.807) is 17.3 Å². The first-order chi connectivity index (χ1) is 9.13. The Labute approximate surface area is 119 Å². The van der Waals surface area contributed by atoms with E-state index in [0.29, 0.717) is 17.4 Å². The molecule has 0 bridgehead atoms. The third-order valence-electron chi connectivity index (χ3n) is 2.35. The number of thiazole rings is 1. The van der Waals surface area contributed by atoms with Crippen molar-refractivity contribution in [3.05, 3.63) is 45.6 Å². The Bertz CT molecular complexity index is 547. The maximum absolute atomic E-state index is 10.9. The van der Waals surface area contributed by atoms with Crippen molar-refractivity contribution >= 4 is 28.9 Å². The number of pyridine rings is 1. The Kier molecular flexibility index (Phi) is 4.84. The van der Waals surface area contributed by atoms with Gasteiger partial charge in [0.05, 0.1) is 25.0 Å². The van der Waals surface area contributed by atoms with Crippen LogP contribution in [0.4, 0.5) is 0 Å². The molecule has 1 N–H and O–H groups in total. The Hall–Kier alpha value is -1.50. The molecule has 0 unspecified atom stereocenters. The number of nitrogens with zero attached hydrogens (tertiary/aromatic N) is 3. The normalized spacial score (nSPS) is 10.8. The van der Waals surface area contributed by atoms with Gasteiger partial charge in [-0.25, -0.2) is 4.98 Å². The molecule has 0 fully saturated rings. The van der Waals surface area contributed by atoms with Gasteiger partial charge in [0.2, 0.25) is 0 Å². The van der Waals surface area contributed by atoms with Crippen LogP contribution >= 0.6 is 22.9 Å². The summed E-state index contributed by atoms with van der Waals surface area (Å²) in [7, 11) is 0. The first kappa shape index (κ1) is 13.9. The predicted octanol–water partition coefficient (Wildman–Crippen LogP) is 2.28. The van der Waals surface area contributed by atoms with Crippen LogP contribution in [-0.4, -0.2) is 32.5 Å². The monoisotopic (exact) mass is 297 g/mol. The largest absolute Gasteiger partial charge is 0.480 e. The summed E-state index contributed by atoms with van der Waals surface area (Å²) in [4.78, 5) is 21.0. The Morgan fingerprint density at radius 3 is 2.79 bits per heavy atom. The second-order valence-corrected chi connectivity index (χ2v) is 5.66. The molecule has 2 aromatic heterocycles. The molecule has 0 saturated heterocycles. The number of rotatable bonds is 6. The summed E-state index contributed by atoms with van der Waals surface area (Å²) in [6.07, 6.45) is 3.26. The molecule has 7 heteroatoms. The number of halogens is 1. The van der Waals surface area contributed by atoms with E-state index in [1.807, 2.05) is 18.2 Å². The number of carboxylic acid groups (broad SMARTS) is 1. The van der Waals surface area contributed by atoms with E-state index >= 15 is 0 Å². The van der Waals surface area contributed by atoms with Gasteiger partial charge in [0.1, 0.15) is 9.34 Å². The lowest BCUT2D eigenvalue weighted by Gasteiger charge is -2.18. The van der Waals surface area contributed by atoms with Crippen molar-refractivity contribution in [2.75, 3.05) is 6.54 Å². The zero-order chi connectivity index (χ0) is 13.7. The van der Waals surface area contributed by atoms with Crippen molar-refractivity contribution < 1.29 is 9.90 Å². The van der Waals surface area contributed by atoms with Crippen molar-refractivity contribution in [1.29, 1.82) is 0 Å². The number of aliphatic carboxylic acids is 1. The molecule has 0 aliphatic heterocycles. The molecule has 0 atom stereocenters. The summed E-state index contributed by atoms with van der Waals surface area (Å²) in [5, 5.41) is 9.73. The molecule has 5 nitrogen and oxygen atoms in total. The third kappa shape index (κ3) is 4.59. The molecule has 0 aromatic carbocycles. The molecule has 0 saturated carbocycles. The fourth-order valence-electron chi connectivity index (χ4n) is 1.63. The van der Waals surface area contributed by atoms with Crippen molar-refractivity contribution in [3.63, 3.8) is 0 Å². The average molecular weight is 298 g/mol. The minimum atomic E-state index is -0.876. The minimum Gasteiger partial charge on any atom is -0.480 e. The second kappa shape index (κ2) is 6.60. The van der Waals surface area contributed by atoms with Gasteiger partial charge in [-0.3, -0.25) is 14.7 Å². The molecular weight excluding hydrogens is 286 g/mol.